The van der Waals surface area contributed by atoms with E-state index in [-0.39, 0.29) is 6.61 Å². The number of rotatable bonds is 18. The van der Waals surface area contributed by atoms with Gasteiger partial charge >= 0.3 is 18.0 Å². The number of carboxylic acids is 2. The Labute approximate surface area is 245 Å². The van der Waals surface area contributed by atoms with Crippen LogP contribution in [0.1, 0.15) is 45.6 Å². The van der Waals surface area contributed by atoms with Crippen molar-refractivity contribution in [1.29, 1.82) is 0 Å². The number of hydrogen-bond donors (Lipinski definition) is 6. The molecule has 4 amide bonds. The van der Waals surface area contributed by atoms with Crippen LogP contribution in [-0.2, 0) is 44.9 Å². The highest BCUT2D eigenvalue weighted by atomic mass is 19.1. The molecule has 1 rings (SSSR count). The van der Waals surface area contributed by atoms with E-state index in [1.54, 1.807) is 30.3 Å². The first kappa shape index (κ1) is 36.1. The van der Waals surface area contributed by atoms with Gasteiger partial charge in [0.25, 0.3) is 0 Å². The second-order valence-electron chi connectivity index (χ2n) is 9.73. The van der Waals surface area contributed by atoms with Gasteiger partial charge < -0.3 is 36.2 Å². The number of carbonyl (C=O) groups excluding carboxylic acids is 6. The van der Waals surface area contributed by atoms with Crippen molar-refractivity contribution < 1.29 is 57.7 Å². The van der Waals surface area contributed by atoms with Crippen LogP contribution in [-0.4, -0.2) is 88.4 Å². The van der Waals surface area contributed by atoms with Crippen molar-refractivity contribution in [2.75, 3.05) is 6.67 Å². The van der Waals surface area contributed by atoms with Gasteiger partial charge in [-0.25, -0.2) is 9.18 Å². The Morgan fingerprint density at radius 2 is 1.40 bits per heavy atom. The molecule has 1 aromatic rings. The summed E-state index contributed by atoms with van der Waals surface area (Å²) >= 11 is 0. The molecule has 0 aliphatic rings. The van der Waals surface area contributed by atoms with Gasteiger partial charge in [-0.05, 0) is 24.8 Å². The molecule has 43 heavy (non-hydrogen) atoms. The lowest BCUT2D eigenvalue weighted by atomic mass is 10.00. The molecular weight excluding hydrogens is 575 g/mol. The molecule has 0 aliphatic carbocycles. The predicted octanol–water partition coefficient (Wildman–Crippen LogP) is -0.141. The number of alkyl halides is 1. The number of nitrogens with one attached hydrogen (secondary N) is 4. The SMILES string of the molecule is CC(C)[C@H](NC(=O)[C@H](CCC(=O)O)NC(=O)[C@H](C)NC(=O)OCc1ccccc1)C(=O)NC(CC(=O)O)C(=O)C(=O)CF. The van der Waals surface area contributed by atoms with Crippen LogP contribution in [0.15, 0.2) is 30.3 Å². The third-order valence-corrected chi connectivity index (χ3v) is 5.88. The average molecular weight is 611 g/mol. The third kappa shape index (κ3) is 13.1. The normalized spacial score (nSPS) is 13.4. The molecule has 15 nitrogen and oxygen atoms in total. The molecule has 1 aromatic carbocycles. The molecule has 16 heteroatoms. The Morgan fingerprint density at radius 1 is 0.791 bits per heavy atom. The summed E-state index contributed by atoms with van der Waals surface area (Å²) in [5.41, 5.74) is 0.691. The number of carboxylic acid groups (broad SMARTS) is 2. The summed E-state index contributed by atoms with van der Waals surface area (Å²) in [5, 5.41) is 27.1. The van der Waals surface area contributed by atoms with Crippen molar-refractivity contribution in [3.63, 3.8) is 0 Å². The number of benzene rings is 1. The zero-order valence-corrected chi connectivity index (χ0v) is 23.8. The molecule has 236 valence electrons. The van der Waals surface area contributed by atoms with Crippen LogP contribution in [0.3, 0.4) is 0 Å². The predicted molar refractivity (Wildman–Crippen MR) is 145 cm³/mol. The summed E-state index contributed by atoms with van der Waals surface area (Å²) in [7, 11) is 0. The Kier molecular flexibility index (Phi) is 15.0. The lowest BCUT2D eigenvalue weighted by molar-refractivity contribution is -0.144. The maximum Gasteiger partial charge on any atom is 0.408 e. The van der Waals surface area contributed by atoms with Crippen molar-refractivity contribution in [3.8, 4) is 0 Å². The van der Waals surface area contributed by atoms with Crippen molar-refractivity contribution in [2.45, 2.75) is 70.8 Å². The van der Waals surface area contributed by atoms with Crippen LogP contribution in [0.5, 0.6) is 0 Å². The lowest BCUT2D eigenvalue weighted by Crippen LogP contribution is -2.59. The van der Waals surface area contributed by atoms with Gasteiger partial charge in [0, 0.05) is 6.42 Å². The maximum absolute atomic E-state index is 13.1. The number of Topliss-reactive ketones (excluding diaryl/α,β-unsaturated/α-hetero) is 2. The molecule has 6 N–H and O–H groups in total. The Morgan fingerprint density at radius 3 is 1.93 bits per heavy atom. The molecule has 4 atom stereocenters. The van der Waals surface area contributed by atoms with Crippen molar-refractivity contribution in [1.82, 2.24) is 21.3 Å². The molecule has 0 aliphatic heterocycles. The topological polar surface area (TPSA) is 234 Å². The summed E-state index contributed by atoms with van der Waals surface area (Å²) in [5.74, 6) is -9.59. The van der Waals surface area contributed by atoms with Gasteiger partial charge in [0.15, 0.2) is 6.67 Å². The lowest BCUT2D eigenvalue weighted by Gasteiger charge is -2.27. The minimum absolute atomic E-state index is 0.0792. The molecule has 0 saturated carbocycles. The highest BCUT2D eigenvalue weighted by Crippen LogP contribution is 2.08. The highest BCUT2D eigenvalue weighted by molar-refractivity contribution is 6.40. The van der Waals surface area contributed by atoms with Crippen LogP contribution in [0.2, 0.25) is 0 Å². The van der Waals surface area contributed by atoms with E-state index in [0.29, 0.717) is 5.56 Å². The van der Waals surface area contributed by atoms with Gasteiger partial charge in [-0.1, -0.05) is 44.2 Å². The number of carbonyl (C=O) groups is 8. The van der Waals surface area contributed by atoms with Gasteiger partial charge in [-0.15, -0.1) is 0 Å². The fraction of sp³-hybridized carbons (Fsp3) is 0.481. The summed E-state index contributed by atoms with van der Waals surface area (Å²) in [6.07, 6.45) is -2.97. The Hall–Kier alpha value is -4.89. The van der Waals surface area contributed by atoms with E-state index in [4.69, 9.17) is 14.9 Å². The van der Waals surface area contributed by atoms with Gasteiger partial charge in [0.05, 0.1) is 6.42 Å². The summed E-state index contributed by atoms with van der Waals surface area (Å²) < 4.78 is 17.7. The monoisotopic (exact) mass is 610 g/mol. The number of ether oxygens (including phenoxy) is 1. The largest absolute Gasteiger partial charge is 0.481 e. The van der Waals surface area contributed by atoms with Crippen molar-refractivity contribution >= 4 is 47.3 Å². The molecule has 0 heterocycles. The minimum atomic E-state index is -1.91. The van der Waals surface area contributed by atoms with Crippen LogP contribution in [0.25, 0.3) is 0 Å². The Bertz CT molecular complexity index is 1190. The van der Waals surface area contributed by atoms with Gasteiger partial charge in [-0.2, -0.15) is 0 Å². The van der Waals surface area contributed by atoms with E-state index in [9.17, 15) is 42.7 Å². The fourth-order valence-corrected chi connectivity index (χ4v) is 3.53. The quantitative estimate of drug-likeness (QED) is 0.120. The van der Waals surface area contributed by atoms with Crippen molar-refractivity contribution in [3.05, 3.63) is 35.9 Å². The molecule has 0 spiro atoms. The molecule has 0 aromatic heterocycles. The zero-order chi connectivity index (χ0) is 32.7. The summed E-state index contributed by atoms with van der Waals surface area (Å²) in [4.78, 5) is 96.7. The number of ketones is 2. The van der Waals surface area contributed by atoms with Gasteiger partial charge in [0.2, 0.25) is 29.3 Å². The van der Waals surface area contributed by atoms with Gasteiger partial charge in [0.1, 0.15) is 30.8 Å². The molecular formula is C27H35FN4O11. The van der Waals surface area contributed by atoms with E-state index >= 15 is 0 Å². The van der Waals surface area contributed by atoms with Crippen LogP contribution < -0.4 is 21.3 Å². The van der Waals surface area contributed by atoms with Crippen LogP contribution in [0.4, 0.5) is 9.18 Å². The van der Waals surface area contributed by atoms with Crippen LogP contribution in [0, 0.1) is 5.92 Å². The minimum Gasteiger partial charge on any atom is -0.481 e. The van der Waals surface area contributed by atoms with Crippen LogP contribution >= 0.6 is 0 Å². The number of halogens is 1. The first-order chi connectivity index (χ1) is 20.2. The maximum atomic E-state index is 13.1. The average Bonchev–Trinajstić information content (AvgIpc) is 2.95. The number of alkyl carbamates (subject to hydrolysis) is 1. The molecule has 0 fully saturated rings. The first-order valence-corrected chi connectivity index (χ1v) is 13.1. The summed E-state index contributed by atoms with van der Waals surface area (Å²) in [6, 6.07) is 2.58. The fourth-order valence-electron chi connectivity index (χ4n) is 3.53. The molecule has 1 unspecified atom stereocenters. The third-order valence-electron chi connectivity index (χ3n) is 5.88. The van der Waals surface area contributed by atoms with E-state index in [1.165, 1.54) is 20.8 Å². The first-order valence-electron chi connectivity index (χ1n) is 13.1. The zero-order valence-electron chi connectivity index (χ0n) is 23.8. The highest BCUT2D eigenvalue weighted by Gasteiger charge is 2.34. The van der Waals surface area contributed by atoms with E-state index in [0.717, 1.165) is 0 Å². The summed E-state index contributed by atoms with van der Waals surface area (Å²) in [6.45, 7) is 2.45. The van der Waals surface area contributed by atoms with Crippen molar-refractivity contribution in [2.24, 2.45) is 5.92 Å². The second-order valence-corrected chi connectivity index (χ2v) is 9.73. The molecule has 0 saturated heterocycles. The second kappa shape index (κ2) is 17.8. The molecule has 0 bridgehead atoms. The molecule has 0 radical (unpaired) electrons. The number of aliphatic carboxylic acids is 2. The van der Waals surface area contributed by atoms with E-state index in [1.807, 2.05) is 5.32 Å². The standard InChI is InChI=1S/C27H35FN4O11/c1-14(2)22(26(41)31-18(11-21(36)37)23(38)19(33)12-28)32-25(40)17(9-10-20(34)35)30-24(39)15(3)29-27(42)43-13-16-7-5-4-6-8-16/h4-8,14-15,17-18,22H,9-13H2,1-3H3,(H,29,42)(H,30,39)(H,31,41)(H,32,40)(H,34,35)(H,36,37)/t15-,17-,18?,22-/m0/s1. The van der Waals surface area contributed by atoms with Gasteiger partial charge in [-0.3, -0.25) is 33.6 Å². The van der Waals surface area contributed by atoms with E-state index < -0.39 is 103 Å². The van der Waals surface area contributed by atoms with E-state index in [2.05, 4.69) is 16.0 Å². The smallest absolute Gasteiger partial charge is 0.408 e. The Balaban J connectivity index is 2.96. The number of amides is 4. The number of hydrogen-bond acceptors (Lipinski definition) is 9.